The fourth-order valence-electron chi connectivity index (χ4n) is 8.21. The third-order valence-electron chi connectivity index (χ3n) is 9.62. The fraction of sp³-hybridized carbons (Fsp3) is 0.567. The Kier molecular flexibility index (Phi) is 4.81. The molecule has 2 nitrogen and oxygen atoms in total. The van der Waals surface area contributed by atoms with Gasteiger partial charge in [-0.05, 0) is 123 Å². The Labute approximate surface area is 198 Å². The van der Waals surface area contributed by atoms with Crippen molar-refractivity contribution in [1.82, 2.24) is 0 Å². The number of rotatable bonds is 3. The van der Waals surface area contributed by atoms with Crippen LogP contribution in [0, 0.1) is 23.6 Å². The van der Waals surface area contributed by atoms with E-state index < -0.39 is 0 Å². The minimum Gasteiger partial charge on any atom is -0.369 e. The molecule has 5 aliphatic rings. The summed E-state index contributed by atoms with van der Waals surface area (Å²) in [6.07, 6.45) is 11.3. The maximum absolute atomic E-state index is 15.0. The Morgan fingerprint density at radius 2 is 1.55 bits per heavy atom. The molecule has 0 amide bonds. The summed E-state index contributed by atoms with van der Waals surface area (Å²) in [6.45, 7) is 6.70. The predicted octanol–water partition coefficient (Wildman–Crippen LogP) is 7.77. The largest absolute Gasteiger partial charge is 0.369 e. The van der Waals surface area contributed by atoms with Crippen LogP contribution in [0.3, 0.4) is 0 Å². The molecule has 0 radical (unpaired) electrons. The molecular weight excluding hydrogens is 407 g/mol. The van der Waals surface area contributed by atoms with Crippen molar-refractivity contribution in [3.63, 3.8) is 0 Å². The Bertz CT molecular complexity index is 1060. The highest BCUT2D eigenvalue weighted by Gasteiger charge is 2.51. The summed E-state index contributed by atoms with van der Waals surface area (Å²) in [5.41, 5.74) is 5.68. The van der Waals surface area contributed by atoms with Gasteiger partial charge in [-0.1, -0.05) is 19.1 Å². The molecule has 33 heavy (non-hydrogen) atoms. The van der Waals surface area contributed by atoms with Gasteiger partial charge in [-0.3, -0.25) is 4.99 Å². The molecule has 1 heterocycles. The maximum Gasteiger partial charge on any atom is 0.134 e. The molecule has 1 atom stereocenters. The van der Waals surface area contributed by atoms with E-state index in [1.165, 1.54) is 49.7 Å². The first kappa shape index (κ1) is 21.4. The summed E-state index contributed by atoms with van der Waals surface area (Å²) in [5.74, 6) is 3.06. The van der Waals surface area contributed by atoms with Gasteiger partial charge in [-0.15, -0.1) is 0 Å². The quantitative estimate of drug-likeness (QED) is 0.442. The predicted molar refractivity (Wildman–Crippen MR) is 135 cm³/mol. The van der Waals surface area contributed by atoms with E-state index in [1.807, 2.05) is 6.07 Å². The molecule has 2 aromatic carbocycles. The number of aliphatic imine (C=N–C) groups is 1. The minimum atomic E-state index is -0.195. The fourth-order valence-corrected chi connectivity index (χ4v) is 8.21. The van der Waals surface area contributed by atoms with E-state index in [-0.39, 0.29) is 11.4 Å². The molecule has 7 rings (SSSR count). The number of halogens is 1. The molecule has 0 N–H and O–H groups in total. The van der Waals surface area contributed by atoms with E-state index in [0.717, 1.165) is 35.5 Å². The van der Waals surface area contributed by atoms with E-state index >= 15 is 4.39 Å². The van der Waals surface area contributed by atoms with E-state index in [9.17, 15) is 0 Å². The second-order valence-electron chi connectivity index (χ2n) is 12.4. The zero-order chi connectivity index (χ0) is 23.0. The van der Waals surface area contributed by atoms with Gasteiger partial charge in [0, 0.05) is 30.1 Å². The Morgan fingerprint density at radius 1 is 0.939 bits per heavy atom. The number of hydrogen-bond acceptors (Lipinski definition) is 2. The van der Waals surface area contributed by atoms with Crippen LogP contribution in [0.15, 0.2) is 41.4 Å². The van der Waals surface area contributed by atoms with Crippen molar-refractivity contribution < 1.29 is 4.39 Å². The van der Waals surface area contributed by atoms with Crippen LogP contribution in [0.5, 0.6) is 0 Å². The zero-order valence-corrected chi connectivity index (χ0v) is 20.6. The summed E-state index contributed by atoms with van der Waals surface area (Å²) < 4.78 is 15.0. The van der Waals surface area contributed by atoms with Crippen LogP contribution in [-0.4, -0.2) is 18.8 Å². The average molecular weight is 445 g/mol. The number of fused-ring (bicyclic) bond motifs is 1. The molecule has 3 heteroatoms. The summed E-state index contributed by atoms with van der Waals surface area (Å²) in [7, 11) is 2.07. The minimum absolute atomic E-state index is 0.0346. The lowest BCUT2D eigenvalue weighted by molar-refractivity contribution is -0.00518. The highest BCUT2D eigenvalue weighted by molar-refractivity contribution is 5.84. The summed E-state index contributed by atoms with van der Waals surface area (Å²) in [6, 6.07) is 12.6. The van der Waals surface area contributed by atoms with Gasteiger partial charge in [0.25, 0.3) is 0 Å². The van der Waals surface area contributed by atoms with Crippen LogP contribution in [0.1, 0.15) is 88.3 Å². The topological polar surface area (TPSA) is 15.6 Å². The van der Waals surface area contributed by atoms with Crippen LogP contribution in [0.2, 0.25) is 0 Å². The first-order chi connectivity index (χ1) is 15.7. The lowest BCUT2D eigenvalue weighted by atomic mass is 9.48. The number of nitrogens with zero attached hydrogens (tertiary/aromatic N) is 2. The first-order valence-electron chi connectivity index (χ1n) is 12.9. The third-order valence-corrected chi connectivity index (χ3v) is 9.62. The molecule has 4 fully saturated rings. The smallest absolute Gasteiger partial charge is 0.134 e. The van der Waals surface area contributed by atoms with Crippen LogP contribution >= 0.6 is 0 Å². The van der Waals surface area contributed by atoms with E-state index in [4.69, 9.17) is 0 Å². The average Bonchev–Trinajstić information content (AvgIpc) is 2.76. The monoisotopic (exact) mass is 444 g/mol. The van der Waals surface area contributed by atoms with Crippen LogP contribution in [-0.2, 0) is 5.41 Å². The zero-order valence-electron chi connectivity index (χ0n) is 20.6. The Balaban J connectivity index is 1.24. The maximum atomic E-state index is 15.0. The van der Waals surface area contributed by atoms with Gasteiger partial charge < -0.3 is 4.90 Å². The SMILES string of the molecule is CC1CC(C)(C)N(C)c2cc(F)c(C=Nc3ccc(C45CC6CC(CC(C6)C4)C5)cc3)cc21. The van der Waals surface area contributed by atoms with Crippen molar-refractivity contribution >= 4 is 17.6 Å². The normalized spacial score (nSPS) is 34.2. The molecule has 1 aliphatic heterocycles. The summed E-state index contributed by atoms with van der Waals surface area (Å²) >= 11 is 0. The van der Waals surface area contributed by atoms with E-state index in [1.54, 1.807) is 12.3 Å². The standard InChI is InChI=1S/C30H37FN2/c1-19-14-29(2,3)33(4)28-13-27(31)23(12-26(19)28)18-32-25-7-5-24(6-8-25)30-15-20-9-21(16-30)11-22(10-20)17-30/h5-8,12-13,18-22H,9-11,14-17H2,1-4H3. The second-order valence-corrected chi connectivity index (χ2v) is 12.4. The van der Waals surface area contributed by atoms with Crippen LogP contribution in [0.25, 0.3) is 0 Å². The van der Waals surface area contributed by atoms with Gasteiger partial charge in [0.15, 0.2) is 0 Å². The molecule has 4 bridgehead atoms. The highest BCUT2D eigenvalue weighted by atomic mass is 19.1. The van der Waals surface area contributed by atoms with Crippen molar-refractivity contribution in [3.8, 4) is 0 Å². The summed E-state index contributed by atoms with van der Waals surface area (Å²) in [5, 5.41) is 0. The van der Waals surface area contributed by atoms with Crippen molar-refractivity contribution in [3.05, 3.63) is 58.9 Å². The first-order valence-corrected chi connectivity index (χ1v) is 12.9. The molecule has 4 saturated carbocycles. The third kappa shape index (κ3) is 3.54. The van der Waals surface area contributed by atoms with Gasteiger partial charge in [0.05, 0.1) is 5.69 Å². The number of benzene rings is 2. The van der Waals surface area contributed by atoms with Crippen molar-refractivity contribution in [2.45, 2.75) is 82.6 Å². The lowest BCUT2D eigenvalue weighted by Gasteiger charge is -2.57. The van der Waals surface area contributed by atoms with Crippen molar-refractivity contribution in [1.29, 1.82) is 0 Å². The number of hydrogen-bond donors (Lipinski definition) is 0. The molecule has 1 unspecified atom stereocenters. The van der Waals surface area contributed by atoms with Gasteiger partial charge >= 0.3 is 0 Å². The Morgan fingerprint density at radius 3 is 2.15 bits per heavy atom. The molecule has 4 aliphatic carbocycles. The van der Waals surface area contributed by atoms with Gasteiger partial charge in [-0.25, -0.2) is 4.39 Å². The van der Waals surface area contributed by atoms with Crippen LogP contribution in [0.4, 0.5) is 15.8 Å². The lowest BCUT2D eigenvalue weighted by Crippen LogP contribution is -2.48. The molecule has 0 saturated heterocycles. The van der Waals surface area contributed by atoms with Crippen molar-refractivity contribution in [2.75, 3.05) is 11.9 Å². The van der Waals surface area contributed by atoms with Gasteiger partial charge in [0.1, 0.15) is 5.82 Å². The second kappa shape index (κ2) is 7.42. The van der Waals surface area contributed by atoms with Crippen LogP contribution < -0.4 is 4.90 Å². The number of anilines is 1. The van der Waals surface area contributed by atoms with E-state index in [2.05, 4.69) is 62.0 Å². The molecule has 174 valence electrons. The molecular formula is C30H37FN2. The van der Waals surface area contributed by atoms with Crippen molar-refractivity contribution in [2.24, 2.45) is 22.7 Å². The van der Waals surface area contributed by atoms with Gasteiger partial charge in [0.2, 0.25) is 0 Å². The Hall–Kier alpha value is -2.16. The molecule has 2 aromatic rings. The molecule has 0 aromatic heterocycles. The van der Waals surface area contributed by atoms with Gasteiger partial charge in [-0.2, -0.15) is 0 Å². The summed E-state index contributed by atoms with van der Waals surface area (Å²) in [4.78, 5) is 6.89. The molecule has 0 spiro atoms. The van der Waals surface area contributed by atoms with E-state index in [0.29, 0.717) is 16.9 Å². The highest BCUT2D eigenvalue weighted by Crippen LogP contribution is 2.60.